The van der Waals surface area contributed by atoms with Gasteiger partial charge in [0.2, 0.25) is 0 Å². The number of hydrogen-bond donors (Lipinski definition) is 1. The minimum Gasteiger partial charge on any atom is -0.439 e. The lowest BCUT2D eigenvalue weighted by molar-refractivity contribution is 0.103. The highest BCUT2D eigenvalue weighted by molar-refractivity contribution is 8.14. The third kappa shape index (κ3) is 4.47. The van der Waals surface area contributed by atoms with Crippen molar-refractivity contribution in [1.82, 2.24) is 9.97 Å². The maximum Gasteiger partial charge on any atom is 0.405 e. The SMILES string of the molecule is NC(=O)OC(C1=NCCS1)C1CCCN(c2ncnc3cc(N4CCOCC4)ccc23)C1. The van der Waals surface area contributed by atoms with Crippen molar-refractivity contribution in [3.05, 3.63) is 24.5 Å². The second-order valence-corrected chi connectivity index (χ2v) is 9.39. The minimum atomic E-state index is -0.745. The summed E-state index contributed by atoms with van der Waals surface area (Å²) in [5, 5.41) is 1.92. The van der Waals surface area contributed by atoms with Gasteiger partial charge in [0.1, 0.15) is 17.2 Å². The number of hydrogen-bond acceptors (Lipinski definition) is 9. The van der Waals surface area contributed by atoms with Gasteiger partial charge in [0, 0.05) is 55.5 Å². The van der Waals surface area contributed by atoms with Crippen LogP contribution in [0.2, 0.25) is 0 Å². The van der Waals surface area contributed by atoms with E-state index in [1.807, 2.05) is 0 Å². The number of nitrogens with two attached hydrogens (primary N) is 1. The van der Waals surface area contributed by atoms with E-state index < -0.39 is 6.09 Å². The minimum absolute atomic E-state index is 0.123. The first-order chi connectivity index (χ1) is 15.7. The van der Waals surface area contributed by atoms with E-state index in [4.69, 9.17) is 15.2 Å². The number of ether oxygens (including phenoxy) is 2. The molecule has 2 unspecified atom stereocenters. The number of carbonyl (C=O) groups is 1. The van der Waals surface area contributed by atoms with Gasteiger partial charge in [0.05, 0.1) is 18.7 Å². The maximum atomic E-state index is 11.6. The molecule has 0 bridgehead atoms. The number of rotatable bonds is 5. The molecule has 32 heavy (non-hydrogen) atoms. The fraction of sp³-hybridized carbons (Fsp3) is 0.545. The molecular formula is C22H28N6O3S. The molecule has 1 amide bonds. The molecule has 1 aromatic heterocycles. The smallest absolute Gasteiger partial charge is 0.405 e. The van der Waals surface area contributed by atoms with Gasteiger partial charge in [0.15, 0.2) is 6.10 Å². The Bertz CT molecular complexity index is 1010. The first-order valence-corrected chi connectivity index (χ1v) is 12.1. The molecular weight excluding hydrogens is 428 g/mol. The largest absolute Gasteiger partial charge is 0.439 e. The lowest BCUT2D eigenvalue weighted by atomic mass is 9.92. The maximum absolute atomic E-state index is 11.6. The number of morpholine rings is 1. The van der Waals surface area contributed by atoms with Crippen LogP contribution < -0.4 is 15.5 Å². The van der Waals surface area contributed by atoms with Crippen molar-refractivity contribution in [2.75, 3.05) is 61.5 Å². The van der Waals surface area contributed by atoms with Crippen LogP contribution in [-0.4, -0.2) is 78.9 Å². The predicted octanol–water partition coefficient (Wildman–Crippen LogP) is 2.29. The number of aliphatic imine (C=N–C) groups is 1. The van der Waals surface area contributed by atoms with Crippen LogP contribution in [0.3, 0.4) is 0 Å². The number of thioether (sulfide) groups is 1. The zero-order chi connectivity index (χ0) is 21.9. The van der Waals surface area contributed by atoms with Gasteiger partial charge < -0.3 is 25.0 Å². The van der Waals surface area contributed by atoms with Crippen molar-refractivity contribution in [3.63, 3.8) is 0 Å². The lowest BCUT2D eigenvalue weighted by Crippen LogP contribution is -2.45. The van der Waals surface area contributed by atoms with E-state index >= 15 is 0 Å². The van der Waals surface area contributed by atoms with E-state index in [0.717, 1.165) is 92.0 Å². The molecule has 4 heterocycles. The number of fused-ring (bicyclic) bond motifs is 1. The summed E-state index contributed by atoms with van der Waals surface area (Å²) in [6, 6.07) is 6.40. The van der Waals surface area contributed by atoms with Crippen LogP contribution in [0.25, 0.3) is 10.9 Å². The van der Waals surface area contributed by atoms with Gasteiger partial charge >= 0.3 is 6.09 Å². The van der Waals surface area contributed by atoms with Gasteiger partial charge in [0.25, 0.3) is 0 Å². The summed E-state index contributed by atoms with van der Waals surface area (Å²) in [6.45, 7) is 5.67. The van der Waals surface area contributed by atoms with E-state index in [1.54, 1.807) is 18.1 Å². The number of nitrogens with zero attached hydrogens (tertiary/aromatic N) is 5. The number of aromatic nitrogens is 2. The molecule has 0 aliphatic carbocycles. The summed E-state index contributed by atoms with van der Waals surface area (Å²) in [4.78, 5) is 29.9. The summed E-state index contributed by atoms with van der Waals surface area (Å²) < 4.78 is 11.0. The molecule has 2 atom stereocenters. The Balaban J connectivity index is 1.39. The van der Waals surface area contributed by atoms with Crippen LogP contribution in [0.5, 0.6) is 0 Å². The Morgan fingerprint density at radius 2 is 2.09 bits per heavy atom. The van der Waals surface area contributed by atoms with Gasteiger partial charge in [-0.3, -0.25) is 4.99 Å². The standard InChI is InChI=1S/C22H28N6O3S/c23-22(29)31-19(21-24-5-11-32-21)15-2-1-6-28(13-15)20-17-4-3-16(12-18(17)25-14-26-20)27-7-9-30-10-8-27/h3-4,12,14-15,19H,1-2,5-11,13H2,(H2,23,29). The monoisotopic (exact) mass is 456 g/mol. The van der Waals surface area contributed by atoms with Crippen molar-refractivity contribution in [2.24, 2.45) is 16.6 Å². The molecule has 170 valence electrons. The molecule has 2 saturated heterocycles. The van der Waals surface area contributed by atoms with Crippen molar-refractivity contribution in [2.45, 2.75) is 18.9 Å². The fourth-order valence-corrected chi connectivity index (χ4v) is 5.73. The van der Waals surface area contributed by atoms with E-state index in [9.17, 15) is 4.79 Å². The van der Waals surface area contributed by atoms with Gasteiger partial charge in [-0.25, -0.2) is 14.8 Å². The number of primary amides is 1. The van der Waals surface area contributed by atoms with Gasteiger partial charge in [-0.2, -0.15) is 0 Å². The fourth-order valence-electron chi connectivity index (χ4n) is 4.75. The average molecular weight is 457 g/mol. The number of benzene rings is 1. The normalized spacial score (nSPS) is 22.6. The molecule has 10 heteroatoms. The zero-order valence-corrected chi connectivity index (χ0v) is 18.8. The summed E-state index contributed by atoms with van der Waals surface area (Å²) in [7, 11) is 0. The molecule has 2 fully saturated rings. The van der Waals surface area contributed by atoms with Crippen molar-refractivity contribution in [3.8, 4) is 0 Å². The first-order valence-electron chi connectivity index (χ1n) is 11.1. The van der Waals surface area contributed by atoms with Crippen LogP contribution in [0, 0.1) is 5.92 Å². The van der Waals surface area contributed by atoms with Crippen LogP contribution in [0.4, 0.5) is 16.3 Å². The van der Waals surface area contributed by atoms with E-state index in [2.05, 4.69) is 43.0 Å². The predicted molar refractivity (Wildman–Crippen MR) is 127 cm³/mol. The Labute approximate surface area is 191 Å². The lowest BCUT2D eigenvalue weighted by Gasteiger charge is -2.37. The topological polar surface area (TPSA) is 106 Å². The Morgan fingerprint density at radius 1 is 1.22 bits per heavy atom. The molecule has 2 N–H and O–H groups in total. The third-order valence-electron chi connectivity index (χ3n) is 6.26. The molecule has 2 aromatic rings. The van der Waals surface area contributed by atoms with Crippen molar-refractivity contribution >= 4 is 45.3 Å². The van der Waals surface area contributed by atoms with Crippen LogP contribution in [0.15, 0.2) is 29.5 Å². The summed E-state index contributed by atoms with van der Waals surface area (Å²) in [5.74, 6) is 1.97. The highest BCUT2D eigenvalue weighted by atomic mass is 32.2. The second kappa shape index (κ2) is 9.50. The summed E-state index contributed by atoms with van der Waals surface area (Å²) in [6.07, 6.45) is 2.45. The van der Waals surface area contributed by atoms with Gasteiger partial charge in [-0.05, 0) is 31.0 Å². The molecule has 0 saturated carbocycles. The highest BCUT2D eigenvalue weighted by Crippen LogP contribution is 2.33. The molecule has 3 aliphatic heterocycles. The number of anilines is 2. The Kier molecular flexibility index (Phi) is 6.31. The van der Waals surface area contributed by atoms with Crippen LogP contribution in [-0.2, 0) is 9.47 Å². The molecule has 9 nitrogen and oxygen atoms in total. The van der Waals surface area contributed by atoms with Crippen LogP contribution >= 0.6 is 11.8 Å². The van der Waals surface area contributed by atoms with Gasteiger partial charge in [-0.15, -0.1) is 11.8 Å². The number of carbonyl (C=O) groups excluding carboxylic acids is 1. The number of amides is 1. The average Bonchev–Trinajstić information content (AvgIpc) is 3.37. The Morgan fingerprint density at radius 3 is 2.88 bits per heavy atom. The third-order valence-corrected chi connectivity index (χ3v) is 7.30. The van der Waals surface area contributed by atoms with E-state index in [0.29, 0.717) is 0 Å². The zero-order valence-electron chi connectivity index (χ0n) is 18.0. The van der Waals surface area contributed by atoms with E-state index in [-0.39, 0.29) is 12.0 Å². The highest BCUT2D eigenvalue weighted by Gasteiger charge is 2.35. The van der Waals surface area contributed by atoms with E-state index in [1.165, 1.54) is 0 Å². The molecule has 1 aromatic carbocycles. The summed E-state index contributed by atoms with van der Waals surface area (Å²) in [5.41, 5.74) is 7.48. The quantitative estimate of drug-likeness (QED) is 0.731. The van der Waals surface area contributed by atoms with Gasteiger partial charge in [-0.1, -0.05) is 0 Å². The summed E-state index contributed by atoms with van der Waals surface area (Å²) >= 11 is 1.66. The van der Waals surface area contributed by atoms with Crippen LogP contribution in [0.1, 0.15) is 12.8 Å². The molecule has 3 aliphatic rings. The molecule has 5 rings (SSSR count). The molecule has 0 radical (unpaired) electrons. The number of piperidine rings is 1. The second-order valence-electron chi connectivity index (χ2n) is 8.27. The van der Waals surface area contributed by atoms with Crippen molar-refractivity contribution < 1.29 is 14.3 Å². The van der Waals surface area contributed by atoms with Crippen molar-refractivity contribution in [1.29, 1.82) is 0 Å². The first kappa shape index (κ1) is 21.3. The molecule has 0 spiro atoms. The Hall–Kier alpha value is -2.59.